The number of rotatable bonds is 6. The van der Waals surface area contributed by atoms with Crippen LogP contribution < -0.4 is 16.3 Å². The van der Waals surface area contributed by atoms with E-state index < -0.39 is 6.04 Å². The molecule has 7 rings (SSSR count). The number of nitrogens with zero attached hydrogens (tertiary/aromatic N) is 4. The molecule has 1 atom stereocenters. The van der Waals surface area contributed by atoms with Gasteiger partial charge in [-0.05, 0) is 30.7 Å². The van der Waals surface area contributed by atoms with E-state index in [4.69, 9.17) is 16.6 Å². The Morgan fingerprint density at radius 3 is 2.32 bits per heavy atom. The number of nitrogens with one attached hydrogen (secondary N) is 2. The van der Waals surface area contributed by atoms with E-state index >= 15 is 0 Å². The molecule has 0 aliphatic heterocycles. The van der Waals surface area contributed by atoms with Gasteiger partial charge in [-0.3, -0.25) is 19.1 Å². The number of H-pyrrole nitrogens is 1. The second-order valence-corrected chi connectivity index (χ2v) is 10.7. The second kappa shape index (κ2) is 11.2. The highest BCUT2D eigenvalue weighted by atomic mass is 35.5. The van der Waals surface area contributed by atoms with Gasteiger partial charge >= 0.3 is 0 Å². The van der Waals surface area contributed by atoms with Crippen LogP contribution in [0.25, 0.3) is 49.9 Å². The molecule has 9 heteroatoms. The topological polar surface area (TPSA) is 106 Å². The molecule has 7 aromatic rings. The van der Waals surface area contributed by atoms with Crippen LogP contribution >= 0.6 is 11.6 Å². The van der Waals surface area contributed by atoms with Crippen LogP contribution in [0.5, 0.6) is 0 Å². The molecule has 4 heterocycles. The Kier molecular flexibility index (Phi) is 6.96. The van der Waals surface area contributed by atoms with E-state index in [0.29, 0.717) is 44.0 Å². The minimum Gasteiger partial charge on any atom is -0.361 e. The molecule has 3 aromatic carbocycles. The van der Waals surface area contributed by atoms with Crippen molar-refractivity contribution in [3.8, 4) is 28.1 Å². The number of anilines is 1. The molecule has 0 saturated heterocycles. The average Bonchev–Trinajstić information content (AvgIpc) is 3.07. The highest BCUT2D eigenvalue weighted by Crippen LogP contribution is 2.36. The van der Waals surface area contributed by atoms with Gasteiger partial charge in [-0.1, -0.05) is 84.4 Å². The van der Waals surface area contributed by atoms with Crippen LogP contribution in [0.3, 0.4) is 0 Å². The molecule has 0 radical (unpaired) electrons. The fourth-order valence-corrected chi connectivity index (χ4v) is 6.01. The number of aromatic amines is 1. The second-order valence-electron chi connectivity index (χ2n) is 10.4. The zero-order valence-electron chi connectivity index (χ0n) is 23.5. The first-order valence-corrected chi connectivity index (χ1v) is 14.4. The highest BCUT2D eigenvalue weighted by molar-refractivity contribution is 6.36. The maximum Gasteiger partial charge on any atom is 0.263 e. The van der Waals surface area contributed by atoms with Gasteiger partial charge in [0.05, 0.1) is 27.8 Å². The van der Waals surface area contributed by atoms with Gasteiger partial charge in [0.15, 0.2) is 5.43 Å². The minimum absolute atomic E-state index is 0.226. The lowest BCUT2D eigenvalue weighted by atomic mass is 9.98. The largest absolute Gasteiger partial charge is 0.361 e. The van der Waals surface area contributed by atoms with Crippen molar-refractivity contribution < 1.29 is 0 Å². The van der Waals surface area contributed by atoms with Crippen molar-refractivity contribution in [2.75, 3.05) is 5.32 Å². The number of pyridine rings is 3. The number of benzene rings is 3. The summed E-state index contributed by atoms with van der Waals surface area (Å²) in [5.41, 5.74) is 4.52. The van der Waals surface area contributed by atoms with E-state index in [0.717, 1.165) is 22.4 Å². The molecule has 0 saturated carbocycles. The molecule has 0 amide bonds. The third kappa shape index (κ3) is 4.71. The van der Waals surface area contributed by atoms with Crippen LogP contribution in [0, 0.1) is 0 Å². The molecule has 4 aromatic heterocycles. The van der Waals surface area contributed by atoms with Gasteiger partial charge in [-0.2, -0.15) is 0 Å². The number of hydrogen-bond acceptors (Lipinski definition) is 6. The van der Waals surface area contributed by atoms with Gasteiger partial charge in [-0.15, -0.1) is 0 Å². The summed E-state index contributed by atoms with van der Waals surface area (Å²) in [5.74, 6) is 0.339. The van der Waals surface area contributed by atoms with Crippen LogP contribution in [-0.4, -0.2) is 24.5 Å². The zero-order valence-corrected chi connectivity index (χ0v) is 24.3. The van der Waals surface area contributed by atoms with Gasteiger partial charge in [0.25, 0.3) is 5.56 Å². The smallest absolute Gasteiger partial charge is 0.263 e. The van der Waals surface area contributed by atoms with Gasteiger partial charge in [0.2, 0.25) is 0 Å². The average molecular weight is 597 g/mol. The van der Waals surface area contributed by atoms with E-state index in [-0.39, 0.29) is 11.0 Å². The summed E-state index contributed by atoms with van der Waals surface area (Å²) in [6.45, 7) is 1.88. The summed E-state index contributed by atoms with van der Waals surface area (Å²) < 4.78 is 1.63. The van der Waals surface area contributed by atoms with Crippen molar-refractivity contribution in [2.24, 2.45) is 0 Å². The van der Waals surface area contributed by atoms with E-state index in [1.54, 1.807) is 17.0 Å². The molecule has 214 valence electrons. The van der Waals surface area contributed by atoms with E-state index in [2.05, 4.69) is 20.3 Å². The van der Waals surface area contributed by atoms with Crippen molar-refractivity contribution in [1.29, 1.82) is 0 Å². The Morgan fingerprint density at radius 2 is 1.57 bits per heavy atom. The molecular formula is C35H25ClN6O2. The molecule has 0 bridgehead atoms. The van der Waals surface area contributed by atoms with E-state index in [9.17, 15) is 9.59 Å². The summed E-state index contributed by atoms with van der Waals surface area (Å²) in [6.07, 6.45) is 4.70. The molecular weight excluding hydrogens is 572 g/mol. The standard InChI is InChI=1S/C35H25ClN6O2/c1-21(41-34-30-28(43)17-18-37-33(30)39-20-40-34)32-31(36)26-14-8-13-25(29(26)35(44)42(32)24-11-6-3-7-12-24)23-15-16-27(38-19-23)22-9-4-2-5-10-22/h2-21H,1H3,(H2,37,39,40,41,43)/t21-/m0/s1. The third-order valence-electron chi connectivity index (χ3n) is 7.65. The van der Waals surface area contributed by atoms with Gasteiger partial charge < -0.3 is 10.3 Å². The van der Waals surface area contributed by atoms with Crippen LogP contribution in [0.2, 0.25) is 5.02 Å². The van der Waals surface area contributed by atoms with Crippen LogP contribution in [0.15, 0.2) is 125 Å². The molecule has 44 heavy (non-hydrogen) atoms. The van der Waals surface area contributed by atoms with Crippen molar-refractivity contribution in [3.05, 3.63) is 147 Å². The Morgan fingerprint density at radius 1 is 0.795 bits per heavy atom. The molecule has 8 nitrogen and oxygen atoms in total. The number of halogens is 1. The van der Waals surface area contributed by atoms with E-state index in [1.807, 2.05) is 97.9 Å². The summed E-state index contributed by atoms with van der Waals surface area (Å²) in [7, 11) is 0. The SMILES string of the molecule is C[C@H](Nc1ncnc2[nH]ccc(=O)c12)c1c(Cl)c2cccc(-c3ccc(-c4ccccc4)nc3)c2c(=O)n1-c1ccccc1. The fraction of sp³-hybridized carbons (Fsp3) is 0.0571. The lowest BCUT2D eigenvalue weighted by Crippen LogP contribution is -2.27. The maximum absolute atomic E-state index is 14.6. The van der Waals surface area contributed by atoms with Crippen molar-refractivity contribution in [1.82, 2.24) is 24.5 Å². The number of aromatic nitrogens is 5. The monoisotopic (exact) mass is 596 g/mol. The van der Waals surface area contributed by atoms with Gasteiger partial charge in [0, 0.05) is 40.7 Å². The fourth-order valence-electron chi connectivity index (χ4n) is 5.60. The molecule has 0 aliphatic rings. The minimum atomic E-state index is -0.534. The first-order chi connectivity index (χ1) is 21.5. The Balaban J connectivity index is 1.42. The quantitative estimate of drug-likeness (QED) is 0.211. The predicted molar refractivity (Wildman–Crippen MR) is 175 cm³/mol. The van der Waals surface area contributed by atoms with Crippen molar-refractivity contribution in [2.45, 2.75) is 13.0 Å². The summed E-state index contributed by atoms with van der Waals surface area (Å²) in [4.78, 5) is 43.6. The molecule has 0 aliphatic carbocycles. The van der Waals surface area contributed by atoms with Crippen LogP contribution in [0.4, 0.5) is 5.82 Å². The van der Waals surface area contributed by atoms with E-state index in [1.165, 1.54) is 12.4 Å². The Labute approximate surface area is 256 Å². The summed E-state index contributed by atoms with van der Waals surface area (Å²) >= 11 is 7.23. The summed E-state index contributed by atoms with van der Waals surface area (Å²) in [6, 6.07) is 29.8. The molecule has 2 N–H and O–H groups in total. The number of fused-ring (bicyclic) bond motifs is 2. The van der Waals surface area contributed by atoms with Crippen LogP contribution in [0.1, 0.15) is 18.7 Å². The van der Waals surface area contributed by atoms with Gasteiger partial charge in [0.1, 0.15) is 23.2 Å². The zero-order chi connectivity index (χ0) is 30.2. The summed E-state index contributed by atoms with van der Waals surface area (Å²) in [5, 5.41) is 5.15. The lowest BCUT2D eigenvalue weighted by molar-refractivity contribution is 0.774. The highest BCUT2D eigenvalue weighted by Gasteiger charge is 2.24. The van der Waals surface area contributed by atoms with Crippen LogP contribution in [-0.2, 0) is 0 Å². The normalized spacial score (nSPS) is 12.0. The Hall–Kier alpha value is -5.60. The number of hydrogen-bond donors (Lipinski definition) is 2. The number of para-hydroxylation sites is 1. The van der Waals surface area contributed by atoms with Crippen molar-refractivity contribution >= 4 is 39.2 Å². The third-order valence-corrected chi connectivity index (χ3v) is 8.05. The van der Waals surface area contributed by atoms with Gasteiger partial charge in [-0.25, -0.2) is 9.97 Å². The molecule has 0 fully saturated rings. The first kappa shape index (κ1) is 27.2. The first-order valence-electron chi connectivity index (χ1n) is 14.0. The predicted octanol–water partition coefficient (Wildman–Crippen LogP) is 7.18. The Bertz CT molecular complexity index is 2260. The maximum atomic E-state index is 14.6. The lowest BCUT2D eigenvalue weighted by Gasteiger charge is -2.24. The molecule has 0 spiro atoms. The molecule has 0 unspecified atom stereocenters. The van der Waals surface area contributed by atoms with Crippen molar-refractivity contribution in [3.63, 3.8) is 0 Å².